The first kappa shape index (κ1) is 17.8. The first-order valence-electron chi connectivity index (χ1n) is 7.54. The molecule has 3 nitrogen and oxygen atoms in total. The van der Waals surface area contributed by atoms with Gasteiger partial charge >= 0.3 is 0 Å². The molecule has 2 aromatic rings. The Kier molecular flexibility index (Phi) is 6.48. The van der Waals surface area contributed by atoms with Gasteiger partial charge in [-0.3, -0.25) is 4.79 Å². The van der Waals surface area contributed by atoms with Gasteiger partial charge in [0.25, 0.3) is 5.91 Å². The van der Waals surface area contributed by atoms with Gasteiger partial charge in [-0.25, -0.2) is 0 Å². The smallest absolute Gasteiger partial charge is 0.262 e. The second-order valence-electron chi connectivity index (χ2n) is 5.03. The van der Waals surface area contributed by atoms with Crippen molar-refractivity contribution in [3.63, 3.8) is 0 Å². The minimum absolute atomic E-state index is 0.0541. The highest BCUT2D eigenvalue weighted by Gasteiger charge is 2.14. The van der Waals surface area contributed by atoms with Crippen molar-refractivity contribution in [1.29, 1.82) is 0 Å². The van der Waals surface area contributed by atoms with Crippen molar-refractivity contribution in [1.82, 2.24) is 0 Å². The Labute approximate surface area is 150 Å². The quantitative estimate of drug-likeness (QED) is 0.724. The van der Waals surface area contributed by atoms with Crippen molar-refractivity contribution in [2.45, 2.75) is 26.7 Å². The van der Waals surface area contributed by atoms with Crippen molar-refractivity contribution in [2.24, 2.45) is 0 Å². The maximum atomic E-state index is 12.3. The summed E-state index contributed by atoms with van der Waals surface area (Å²) in [5, 5.41) is 3.62. The van der Waals surface area contributed by atoms with Crippen LogP contribution in [-0.4, -0.2) is 12.5 Å². The van der Waals surface area contributed by atoms with Crippen LogP contribution >= 0.6 is 27.5 Å². The van der Waals surface area contributed by atoms with E-state index in [4.69, 9.17) is 16.3 Å². The fraction of sp³-hybridized carbons (Fsp3) is 0.278. The molecular weight excluding hydrogens is 378 g/mol. The molecule has 2 aromatic carbocycles. The summed E-state index contributed by atoms with van der Waals surface area (Å²) < 4.78 is 6.37. The maximum Gasteiger partial charge on any atom is 0.262 e. The van der Waals surface area contributed by atoms with Crippen LogP contribution < -0.4 is 10.1 Å². The monoisotopic (exact) mass is 395 g/mol. The molecule has 2 rings (SSSR count). The third-order valence-corrected chi connectivity index (χ3v) is 4.55. The van der Waals surface area contributed by atoms with Crippen LogP contribution in [0.5, 0.6) is 5.75 Å². The molecule has 0 aliphatic carbocycles. The molecule has 23 heavy (non-hydrogen) atoms. The van der Waals surface area contributed by atoms with Crippen LogP contribution in [0.2, 0.25) is 5.02 Å². The van der Waals surface area contributed by atoms with E-state index in [1.807, 2.05) is 43.3 Å². The topological polar surface area (TPSA) is 38.3 Å². The van der Waals surface area contributed by atoms with Gasteiger partial charge in [-0.05, 0) is 58.1 Å². The number of rotatable bonds is 6. The van der Waals surface area contributed by atoms with Gasteiger partial charge in [0.05, 0.1) is 4.47 Å². The molecule has 0 fully saturated rings. The van der Waals surface area contributed by atoms with E-state index in [0.717, 1.165) is 34.1 Å². The van der Waals surface area contributed by atoms with Crippen molar-refractivity contribution < 1.29 is 9.53 Å². The summed E-state index contributed by atoms with van der Waals surface area (Å²) in [6, 6.07) is 11.3. The summed E-state index contributed by atoms with van der Waals surface area (Å²) in [5.74, 6) is 0.438. The van der Waals surface area contributed by atoms with Gasteiger partial charge < -0.3 is 10.1 Å². The van der Waals surface area contributed by atoms with E-state index in [0.29, 0.717) is 10.8 Å². The molecule has 0 aliphatic heterocycles. The van der Waals surface area contributed by atoms with Gasteiger partial charge in [0.2, 0.25) is 0 Å². The zero-order valence-electron chi connectivity index (χ0n) is 13.2. The number of ether oxygens (including phenoxy) is 1. The number of carbonyl (C=O) groups excluding carboxylic acids is 1. The SMILES string of the molecule is CCc1ccc(Cl)c(CC)c1NC(=O)COc1ccccc1Br. The number of nitrogens with one attached hydrogen (secondary N) is 1. The second-order valence-corrected chi connectivity index (χ2v) is 6.30. The zero-order chi connectivity index (χ0) is 16.8. The fourth-order valence-electron chi connectivity index (χ4n) is 2.35. The summed E-state index contributed by atoms with van der Waals surface area (Å²) in [6.07, 6.45) is 1.58. The van der Waals surface area contributed by atoms with Crippen LogP contribution in [0, 0.1) is 0 Å². The molecule has 0 radical (unpaired) electrons. The molecule has 0 saturated heterocycles. The molecule has 0 unspecified atom stereocenters. The Morgan fingerprint density at radius 2 is 1.91 bits per heavy atom. The summed E-state index contributed by atoms with van der Waals surface area (Å²) in [7, 11) is 0. The van der Waals surface area contributed by atoms with Gasteiger partial charge in [0.15, 0.2) is 6.61 Å². The van der Waals surface area contributed by atoms with Crippen LogP contribution in [0.4, 0.5) is 5.69 Å². The lowest BCUT2D eigenvalue weighted by Gasteiger charge is -2.16. The lowest BCUT2D eigenvalue weighted by Crippen LogP contribution is -2.22. The van der Waals surface area contributed by atoms with E-state index >= 15 is 0 Å². The second kappa shape index (κ2) is 8.37. The zero-order valence-corrected chi connectivity index (χ0v) is 15.5. The average molecular weight is 397 g/mol. The number of hydrogen-bond donors (Lipinski definition) is 1. The predicted octanol–water partition coefficient (Wildman–Crippen LogP) is 5.24. The average Bonchev–Trinajstić information content (AvgIpc) is 2.54. The van der Waals surface area contributed by atoms with Gasteiger partial charge in [-0.2, -0.15) is 0 Å². The van der Waals surface area contributed by atoms with Crippen molar-refractivity contribution in [3.05, 3.63) is 57.0 Å². The van der Waals surface area contributed by atoms with Gasteiger partial charge in [-0.15, -0.1) is 0 Å². The maximum absolute atomic E-state index is 12.3. The Hall–Kier alpha value is -1.52. The number of para-hydroxylation sites is 1. The Morgan fingerprint density at radius 1 is 1.17 bits per heavy atom. The molecule has 0 heterocycles. The molecule has 0 aliphatic rings. The molecule has 5 heteroatoms. The molecule has 0 aromatic heterocycles. The van der Waals surface area contributed by atoms with E-state index in [1.54, 1.807) is 0 Å². The Balaban J connectivity index is 2.11. The number of anilines is 1. The van der Waals surface area contributed by atoms with Crippen LogP contribution in [0.1, 0.15) is 25.0 Å². The number of amides is 1. The molecule has 1 N–H and O–H groups in total. The molecule has 0 bridgehead atoms. The first-order chi connectivity index (χ1) is 11.1. The summed E-state index contributed by atoms with van der Waals surface area (Å²) in [5.41, 5.74) is 2.84. The molecule has 122 valence electrons. The molecular formula is C18H19BrClNO2. The molecule has 0 spiro atoms. The van der Waals surface area contributed by atoms with Crippen molar-refractivity contribution in [2.75, 3.05) is 11.9 Å². The van der Waals surface area contributed by atoms with Crippen LogP contribution in [0.15, 0.2) is 40.9 Å². The fourth-order valence-corrected chi connectivity index (χ4v) is 3.04. The minimum atomic E-state index is -0.201. The van der Waals surface area contributed by atoms with E-state index in [9.17, 15) is 4.79 Å². The lowest BCUT2D eigenvalue weighted by atomic mass is 10.0. The third kappa shape index (κ3) is 4.49. The Bertz CT molecular complexity index is 703. The predicted molar refractivity (Wildman–Crippen MR) is 98.5 cm³/mol. The van der Waals surface area contributed by atoms with E-state index in [2.05, 4.69) is 28.2 Å². The highest BCUT2D eigenvalue weighted by molar-refractivity contribution is 9.10. The normalized spacial score (nSPS) is 10.4. The number of hydrogen-bond acceptors (Lipinski definition) is 2. The minimum Gasteiger partial charge on any atom is -0.483 e. The highest BCUT2D eigenvalue weighted by Crippen LogP contribution is 2.29. The number of halogens is 2. The third-order valence-electron chi connectivity index (χ3n) is 3.54. The van der Waals surface area contributed by atoms with E-state index < -0.39 is 0 Å². The van der Waals surface area contributed by atoms with Crippen LogP contribution in [-0.2, 0) is 17.6 Å². The number of aryl methyl sites for hydroxylation is 1. The molecule has 1 amide bonds. The highest BCUT2D eigenvalue weighted by atomic mass is 79.9. The largest absolute Gasteiger partial charge is 0.483 e. The van der Waals surface area contributed by atoms with Gasteiger partial charge in [-0.1, -0.05) is 43.6 Å². The number of benzene rings is 2. The van der Waals surface area contributed by atoms with Crippen molar-refractivity contribution in [3.8, 4) is 5.75 Å². The van der Waals surface area contributed by atoms with E-state index in [-0.39, 0.29) is 12.5 Å². The van der Waals surface area contributed by atoms with Gasteiger partial charge in [0, 0.05) is 10.7 Å². The van der Waals surface area contributed by atoms with Crippen LogP contribution in [0.3, 0.4) is 0 Å². The van der Waals surface area contributed by atoms with Crippen molar-refractivity contribution >= 4 is 39.1 Å². The van der Waals surface area contributed by atoms with Crippen LogP contribution in [0.25, 0.3) is 0 Å². The molecule has 0 atom stereocenters. The lowest BCUT2D eigenvalue weighted by molar-refractivity contribution is -0.118. The standard InChI is InChI=1S/C18H19BrClNO2/c1-3-12-9-10-15(20)13(4-2)18(12)21-17(22)11-23-16-8-6-5-7-14(16)19/h5-10H,3-4,11H2,1-2H3,(H,21,22). The summed E-state index contributed by atoms with van der Waals surface area (Å²) in [4.78, 5) is 12.3. The summed E-state index contributed by atoms with van der Waals surface area (Å²) in [6.45, 7) is 4.02. The number of carbonyl (C=O) groups is 1. The Morgan fingerprint density at radius 3 is 2.57 bits per heavy atom. The summed E-state index contributed by atoms with van der Waals surface area (Å²) >= 11 is 9.64. The van der Waals surface area contributed by atoms with Gasteiger partial charge in [0.1, 0.15) is 5.75 Å². The molecule has 0 saturated carbocycles. The first-order valence-corrected chi connectivity index (χ1v) is 8.71. The van der Waals surface area contributed by atoms with E-state index in [1.165, 1.54) is 0 Å².